The number of nitrogens with one attached hydrogen (secondary N) is 1. The van der Waals surface area contributed by atoms with E-state index in [2.05, 4.69) is 5.32 Å². The van der Waals surface area contributed by atoms with Crippen LogP contribution in [0.2, 0.25) is 0 Å². The van der Waals surface area contributed by atoms with Crippen LogP contribution in [0.25, 0.3) is 0 Å². The minimum Gasteiger partial charge on any atom is -0.462 e. The Kier molecular flexibility index (Phi) is 7.83. The molecular formula is C19H23N3O7. The van der Waals surface area contributed by atoms with E-state index in [4.69, 9.17) is 9.47 Å². The smallest absolute Gasteiger partial charge is 0.339 e. The number of hydrogen-bond acceptors (Lipinski definition) is 8. The van der Waals surface area contributed by atoms with Crippen molar-refractivity contribution < 1.29 is 28.8 Å². The second-order valence-corrected chi connectivity index (χ2v) is 6.75. The number of esters is 2. The fourth-order valence-electron chi connectivity index (χ4n) is 2.11. The second kappa shape index (κ2) is 9.64. The van der Waals surface area contributed by atoms with Crippen LogP contribution in [0.3, 0.4) is 0 Å². The largest absolute Gasteiger partial charge is 0.462 e. The van der Waals surface area contributed by atoms with Crippen molar-refractivity contribution in [2.45, 2.75) is 46.3 Å². The van der Waals surface area contributed by atoms with Crippen LogP contribution in [-0.2, 0) is 14.3 Å². The van der Waals surface area contributed by atoms with Gasteiger partial charge in [0.15, 0.2) is 6.10 Å². The van der Waals surface area contributed by atoms with Crippen LogP contribution in [0, 0.1) is 27.4 Å². The number of non-ortho nitro benzene ring substituents is 1. The molecule has 156 valence electrons. The van der Waals surface area contributed by atoms with Crippen molar-refractivity contribution in [3.8, 4) is 6.07 Å². The first-order chi connectivity index (χ1) is 13.4. The molecule has 2 atom stereocenters. The zero-order valence-corrected chi connectivity index (χ0v) is 16.8. The van der Waals surface area contributed by atoms with Crippen molar-refractivity contribution in [3.63, 3.8) is 0 Å². The van der Waals surface area contributed by atoms with Gasteiger partial charge in [0.1, 0.15) is 5.54 Å². The van der Waals surface area contributed by atoms with Crippen molar-refractivity contribution in [2.24, 2.45) is 5.92 Å². The summed E-state index contributed by atoms with van der Waals surface area (Å²) in [5, 5.41) is 22.9. The molecule has 0 aliphatic rings. The van der Waals surface area contributed by atoms with E-state index < -0.39 is 40.1 Å². The molecule has 10 nitrogen and oxygen atoms in total. The number of hydrogen-bond donors (Lipinski definition) is 1. The maximum absolute atomic E-state index is 12.4. The molecule has 0 aliphatic heterocycles. The molecule has 1 rings (SSSR count). The Labute approximate surface area is 167 Å². The van der Waals surface area contributed by atoms with E-state index in [9.17, 15) is 29.8 Å². The number of amides is 1. The summed E-state index contributed by atoms with van der Waals surface area (Å²) in [7, 11) is 0. The molecule has 10 heteroatoms. The molecule has 0 aliphatic carbocycles. The van der Waals surface area contributed by atoms with Gasteiger partial charge in [0, 0.05) is 12.1 Å². The molecule has 0 spiro atoms. The molecule has 0 heterocycles. The number of rotatable bonds is 8. The number of benzene rings is 1. The van der Waals surface area contributed by atoms with Crippen LogP contribution >= 0.6 is 0 Å². The molecule has 0 fully saturated rings. The molecule has 1 aromatic rings. The fraction of sp³-hybridized carbons (Fsp3) is 0.474. The first kappa shape index (κ1) is 23.6. The van der Waals surface area contributed by atoms with Gasteiger partial charge >= 0.3 is 11.9 Å². The van der Waals surface area contributed by atoms with Gasteiger partial charge in [-0.3, -0.25) is 14.9 Å². The van der Waals surface area contributed by atoms with Gasteiger partial charge in [0.05, 0.1) is 28.7 Å². The highest BCUT2D eigenvalue weighted by Gasteiger charge is 2.33. The van der Waals surface area contributed by atoms with Crippen molar-refractivity contribution in [3.05, 3.63) is 39.4 Å². The Balaban J connectivity index is 3.06. The predicted octanol–water partition coefficient (Wildman–Crippen LogP) is 2.37. The molecule has 1 amide bonds. The summed E-state index contributed by atoms with van der Waals surface area (Å²) >= 11 is 0. The molecule has 1 N–H and O–H groups in total. The van der Waals surface area contributed by atoms with Crippen LogP contribution in [0.1, 0.15) is 55.3 Å². The minimum atomic E-state index is -1.28. The number of nitro benzene ring substituents is 1. The summed E-state index contributed by atoms with van der Waals surface area (Å²) in [5.74, 6) is -2.78. The summed E-state index contributed by atoms with van der Waals surface area (Å²) in [6.07, 6.45) is -1.28. The summed E-state index contributed by atoms with van der Waals surface area (Å²) in [6, 6.07) is 5.00. The third-order valence-electron chi connectivity index (χ3n) is 4.30. The molecule has 0 radical (unpaired) electrons. The standard InChI is InChI=1S/C19H23N3O7/c1-6-28-17(24)13-7-14(9-15(8-13)22(26)27)18(25)29-12(4)16(23)21-19(5,10-20)11(2)3/h7-9,11-12H,6H2,1-5H3,(H,21,23). The molecule has 1 aromatic carbocycles. The molecule has 0 saturated heterocycles. The SMILES string of the molecule is CCOC(=O)c1cc(C(=O)OC(C)C(=O)NC(C)(C#N)C(C)C)cc([N+](=O)[O-])c1. The van der Waals surface area contributed by atoms with E-state index in [0.717, 1.165) is 18.2 Å². The van der Waals surface area contributed by atoms with Gasteiger partial charge in [-0.05, 0) is 32.8 Å². The Morgan fingerprint density at radius 2 is 1.76 bits per heavy atom. The third-order valence-corrected chi connectivity index (χ3v) is 4.30. The lowest BCUT2D eigenvalue weighted by atomic mass is 9.90. The lowest BCUT2D eigenvalue weighted by Gasteiger charge is -2.28. The van der Waals surface area contributed by atoms with Gasteiger partial charge in [0.2, 0.25) is 0 Å². The number of nitrogens with zero attached hydrogens (tertiary/aromatic N) is 2. The Morgan fingerprint density at radius 1 is 1.21 bits per heavy atom. The van der Waals surface area contributed by atoms with E-state index in [1.54, 1.807) is 20.8 Å². The van der Waals surface area contributed by atoms with Crippen molar-refractivity contribution >= 4 is 23.5 Å². The van der Waals surface area contributed by atoms with Crippen LogP contribution in [0.15, 0.2) is 18.2 Å². The maximum atomic E-state index is 12.4. The van der Waals surface area contributed by atoms with E-state index >= 15 is 0 Å². The Hall–Kier alpha value is -3.48. The average Bonchev–Trinajstić information content (AvgIpc) is 2.67. The Morgan fingerprint density at radius 3 is 2.21 bits per heavy atom. The molecule has 0 saturated carbocycles. The monoisotopic (exact) mass is 405 g/mol. The van der Waals surface area contributed by atoms with E-state index in [0.29, 0.717) is 0 Å². The molecule has 2 unspecified atom stereocenters. The van der Waals surface area contributed by atoms with Gasteiger partial charge in [0.25, 0.3) is 11.6 Å². The maximum Gasteiger partial charge on any atom is 0.339 e. The van der Waals surface area contributed by atoms with E-state index in [-0.39, 0.29) is 23.7 Å². The van der Waals surface area contributed by atoms with Crippen molar-refractivity contribution in [2.75, 3.05) is 6.61 Å². The topological polar surface area (TPSA) is 149 Å². The number of ether oxygens (including phenoxy) is 2. The van der Waals surface area contributed by atoms with Gasteiger partial charge in [-0.15, -0.1) is 0 Å². The number of nitro groups is 1. The lowest BCUT2D eigenvalue weighted by Crippen LogP contribution is -2.52. The zero-order valence-electron chi connectivity index (χ0n) is 16.8. The highest BCUT2D eigenvalue weighted by molar-refractivity contribution is 5.97. The molecule has 0 bridgehead atoms. The molecule has 29 heavy (non-hydrogen) atoms. The van der Waals surface area contributed by atoms with Crippen LogP contribution in [0.5, 0.6) is 0 Å². The number of nitriles is 1. The van der Waals surface area contributed by atoms with E-state index in [1.807, 2.05) is 6.07 Å². The Bertz CT molecular complexity index is 860. The second-order valence-electron chi connectivity index (χ2n) is 6.75. The minimum absolute atomic E-state index is 0.0476. The highest BCUT2D eigenvalue weighted by atomic mass is 16.6. The summed E-state index contributed by atoms with van der Waals surface area (Å²) < 4.78 is 9.86. The van der Waals surface area contributed by atoms with Crippen LogP contribution < -0.4 is 5.32 Å². The highest BCUT2D eigenvalue weighted by Crippen LogP contribution is 2.20. The zero-order chi connectivity index (χ0) is 22.4. The summed E-state index contributed by atoms with van der Waals surface area (Å²) in [4.78, 5) is 46.9. The predicted molar refractivity (Wildman–Crippen MR) is 101 cm³/mol. The summed E-state index contributed by atoms with van der Waals surface area (Å²) in [6.45, 7) is 7.95. The number of carbonyl (C=O) groups excluding carboxylic acids is 3. The van der Waals surface area contributed by atoms with Crippen molar-refractivity contribution in [1.82, 2.24) is 5.32 Å². The van der Waals surface area contributed by atoms with Crippen LogP contribution in [-0.4, -0.2) is 41.0 Å². The lowest BCUT2D eigenvalue weighted by molar-refractivity contribution is -0.384. The molecule has 0 aromatic heterocycles. The quantitative estimate of drug-likeness (QED) is 0.393. The van der Waals surface area contributed by atoms with Gasteiger partial charge < -0.3 is 14.8 Å². The van der Waals surface area contributed by atoms with Crippen LogP contribution in [0.4, 0.5) is 5.69 Å². The van der Waals surface area contributed by atoms with Gasteiger partial charge in [-0.25, -0.2) is 9.59 Å². The first-order valence-electron chi connectivity index (χ1n) is 8.86. The normalized spacial score (nSPS) is 13.6. The van der Waals surface area contributed by atoms with Gasteiger partial charge in [-0.2, -0.15) is 5.26 Å². The number of carbonyl (C=O) groups is 3. The summed E-state index contributed by atoms with van der Waals surface area (Å²) in [5.41, 5.74) is -2.15. The average molecular weight is 405 g/mol. The third kappa shape index (κ3) is 6.00. The van der Waals surface area contributed by atoms with E-state index in [1.165, 1.54) is 13.8 Å². The fourth-order valence-corrected chi connectivity index (χ4v) is 2.11. The molecular weight excluding hydrogens is 382 g/mol. The van der Waals surface area contributed by atoms with Gasteiger partial charge in [-0.1, -0.05) is 13.8 Å². The van der Waals surface area contributed by atoms with Crippen molar-refractivity contribution in [1.29, 1.82) is 5.26 Å². The first-order valence-corrected chi connectivity index (χ1v) is 8.86.